The average Bonchev–Trinajstić information content (AvgIpc) is 3.11. The van der Waals surface area contributed by atoms with Gasteiger partial charge in [0.25, 0.3) is 0 Å². The number of hydrogen-bond donors (Lipinski definition) is 1. The first-order chi connectivity index (χ1) is 10.2. The zero-order valence-corrected chi connectivity index (χ0v) is 12.9. The van der Waals surface area contributed by atoms with E-state index in [1.165, 1.54) is 25.7 Å². The summed E-state index contributed by atoms with van der Waals surface area (Å²) >= 11 is 0. The molecular weight excluding hydrogens is 264 g/mol. The molecule has 0 unspecified atom stereocenters. The molecule has 5 heteroatoms. The third-order valence-corrected chi connectivity index (χ3v) is 4.61. The van der Waals surface area contributed by atoms with Crippen LogP contribution < -0.4 is 10.5 Å². The van der Waals surface area contributed by atoms with Crippen LogP contribution in [0.1, 0.15) is 25.7 Å². The Labute approximate surface area is 125 Å². The highest BCUT2D eigenvalue weighted by Gasteiger charge is 2.19. The van der Waals surface area contributed by atoms with Crippen LogP contribution in [0.25, 0.3) is 11.0 Å². The van der Waals surface area contributed by atoms with Gasteiger partial charge in [-0.3, -0.25) is 0 Å². The normalized spacial score (nSPS) is 16.1. The van der Waals surface area contributed by atoms with Crippen molar-refractivity contribution < 1.29 is 4.74 Å². The maximum absolute atomic E-state index is 6.08. The second kappa shape index (κ2) is 5.93. The van der Waals surface area contributed by atoms with Crippen molar-refractivity contribution in [1.29, 1.82) is 0 Å². The molecule has 21 heavy (non-hydrogen) atoms. The minimum Gasteiger partial charge on any atom is -0.497 e. The van der Waals surface area contributed by atoms with Crippen LogP contribution >= 0.6 is 0 Å². The number of fused-ring (bicyclic) bond motifs is 1. The molecule has 3 rings (SSSR count). The largest absolute Gasteiger partial charge is 0.497 e. The predicted octanol–water partition coefficient (Wildman–Crippen LogP) is 2.50. The molecule has 0 saturated heterocycles. The summed E-state index contributed by atoms with van der Waals surface area (Å²) in [6, 6.07) is 6.62. The van der Waals surface area contributed by atoms with E-state index in [0.717, 1.165) is 35.9 Å². The highest BCUT2D eigenvalue weighted by molar-refractivity contribution is 5.79. The number of rotatable bonds is 5. The van der Waals surface area contributed by atoms with Crippen molar-refractivity contribution in [2.24, 2.45) is 0 Å². The van der Waals surface area contributed by atoms with Gasteiger partial charge in [0.05, 0.1) is 18.1 Å². The zero-order valence-electron chi connectivity index (χ0n) is 12.9. The monoisotopic (exact) mass is 288 g/mol. The molecule has 0 radical (unpaired) electrons. The van der Waals surface area contributed by atoms with E-state index in [2.05, 4.69) is 21.5 Å². The van der Waals surface area contributed by atoms with Crippen molar-refractivity contribution in [3.05, 3.63) is 18.2 Å². The summed E-state index contributed by atoms with van der Waals surface area (Å²) in [5.41, 5.74) is 8.05. The van der Waals surface area contributed by atoms with E-state index < -0.39 is 0 Å². The van der Waals surface area contributed by atoms with Gasteiger partial charge < -0.3 is 19.9 Å². The summed E-state index contributed by atoms with van der Waals surface area (Å²) in [5.74, 6) is 1.42. The minimum absolute atomic E-state index is 0.582. The van der Waals surface area contributed by atoms with Crippen LogP contribution in [0.2, 0.25) is 0 Å². The number of nitrogens with two attached hydrogens (primary N) is 1. The van der Waals surface area contributed by atoms with Gasteiger partial charge >= 0.3 is 0 Å². The van der Waals surface area contributed by atoms with E-state index in [1.807, 2.05) is 18.2 Å². The van der Waals surface area contributed by atoms with Crippen LogP contribution in [0, 0.1) is 0 Å². The molecule has 1 fully saturated rings. The number of imidazole rings is 1. The SMILES string of the molecule is COc1ccc2nc(N)n(CCN(C)C3CCCC3)c2c1. The summed E-state index contributed by atoms with van der Waals surface area (Å²) in [4.78, 5) is 6.89. The molecule has 1 aromatic carbocycles. The quantitative estimate of drug-likeness (QED) is 0.918. The lowest BCUT2D eigenvalue weighted by Crippen LogP contribution is -2.32. The number of anilines is 1. The Bertz CT molecular complexity index is 616. The number of ether oxygens (including phenoxy) is 1. The van der Waals surface area contributed by atoms with Crippen LogP contribution in [-0.4, -0.2) is 41.2 Å². The molecule has 0 aliphatic heterocycles. The van der Waals surface area contributed by atoms with Gasteiger partial charge in [-0.05, 0) is 32.0 Å². The maximum Gasteiger partial charge on any atom is 0.201 e. The highest BCUT2D eigenvalue weighted by atomic mass is 16.5. The third-order valence-electron chi connectivity index (χ3n) is 4.61. The number of hydrogen-bond acceptors (Lipinski definition) is 4. The summed E-state index contributed by atoms with van der Waals surface area (Å²) in [6.07, 6.45) is 5.37. The molecule has 0 atom stereocenters. The van der Waals surface area contributed by atoms with Gasteiger partial charge in [0.2, 0.25) is 5.95 Å². The second-order valence-corrected chi connectivity index (χ2v) is 5.90. The first-order valence-corrected chi connectivity index (χ1v) is 7.69. The summed E-state index contributed by atoms with van der Waals surface area (Å²) in [5, 5.41) is 0. The van der Waals surface area contributed by atoms with E-state index >= 15 is 0 Å². The van der Waals surface area contributed by atoms with Crippen molar-refractivity contribution in [3.8, 4) is 5.75 Å². The zero-order chi connectivity index (χ0) is 14.8. The molecule has 1 aromatic heterocycles. The maximum atomic E-state index is 6.08. The summed E-state index contributed by atoms with van der Waals surface area (Å²) in [7, 11) is 3.89. The standard InChI is InChI=1S/C16H24N4O/c1-19(12-5-3-4-6-12)9-10-20-15-11-13(21-2)7-8-14(15)18-16(20)17/h7-8,11-12H,3-6,9-10H2,1-2H3,(H2,17,18). The molecule has 0 spiro atoms. The minimum atomic E-state index is 0.582. The Kier molecular flexibility index (Phi) is 4.01. The summed E-state index contributed by atoms with van der Waals surface area (Å²) in [6.45, 7) is 1.86. The fraction of sp³-hybridized carbons (Fsp3) is 0.562. The van der Waals surface area contributed by atoms with Crippen molar-refractivity contribution in [2.75, 3.05) is 26.4 Å². The number of methoxy groups -OCH3 is 1. The highest BCUT2D eigenvalue weighted by Crippen LogP contribution is 2.25. The lowest BCUT2D eigenvalue weighted by Gasteiger charge is -2.24. The van der Waals surface area contributed by atoms with E-state index in [9.17, 15) is 0 Å². The predicted molar refractivity (Wildman–Crippen MR) is 85.6 cm³/mol. The number of nitrogens with zero attached hydrogens (tertiary/aromatic N) is 3. The Hall–Kier alpha value is -1.75. The topological polar surface area (TPSA) is 56.3 Å². The van der Waals surface area contributed by atoms with E-state index in [1.54, 1.807) is 7.11 Å². The van der Waals surface area contributed by atoms with E-state index in [0.29, 0.717) is 5.95 Å². The fourth-order valence-corrected chi connectivity index (χ4v) is 3.27. The van der Waals surface area contributed by atoms with Crippen molar-refractivity contribution >= 4 is 17.0 Å². The lowest BCUT2D eigenvalue weighted by atomic mass is 10.2. The first kappa shape index (κ1) is 14.2. The second-order valence-electron chi connectivity index (χ2n) is 5.90. The molecular formula is C16H24N4O. The molecule has 1 heterocycles. The fourth-order valence-electron chi connectivity index (χ4n) is 3.27. The van der Waals surface area contributed by atoms with Gasteiger partial charge in [0, 0.05) is 25.2 Å². The van der Waals surface area contributed by atoms with Crippen molar-refractivity contribution in [1.82, 2.24) is 14.5 Å². The van der Waals surface area contributed by atoms with Crippen LogP contribution in [0.3, 0.4) is 0 Å². The van der Waals surface area contributed by atoms with E-state index in [4.69, 9.17) is 10.5 Å². The van der Waals surface area contributed by atoms with Gasteiger partial charge in [-0.1, -0.05) is 12.8 Å². The molecule has 1 aliphatic rings. The smallest absolute Gasteiger partial charge is 0.201 e. The Morgan fingerprint density at radius 1 is 1.38 bits per heavy atom. The first-order valence-electron chi connectivity index (χ1n) is 7.69. The lowest BCUT2D eigenvalue weighted by molar-refractivity contribution is 0.238. The van der Waals surface area contributed by atoms with Gasteiger partial charge in [0.15, 0.2) is 0 Å². The van der Waals surface area contributed by atoms with Gasteiger partial charge in [-0.2, -0.15) is 0 Å². The van der Waals surface area contributed by atoms with Gasteiger partial charge in [0.1, 0.15) is 5.75 Å². The molecule has 2 aromatic rings. The molecule has 1 saturated carbocycles. The molecule has 0 amide bonds. The number of aromatic nitrogens is 2. The third kappa shape index (κ3) is 2.83. The molecule has 2 N–H and O–H groups in total. The number of likely N-dealkylation sites (N-methyl/N-ethyl adjacent to an activating group) is 1. The van der Waals surface area contributed by atoms with Crippen LogP contribution in [0.5, 0.6) is 5.75 Å². The van der Waals surface area contributed by atoms with Gasteiger partial charge in [-0.15, -0.1) is 0 Å². The molecule has 1 aliphatic carbocycles. The van der Waals surface area contributed by atoms with Gasteiger partial charge in [-0.25, -0.2) is 4.98 Å². The Morgan fingerprint density at radius 3 is 2.86 bits per heavy atom. The number of benzene rings is 1. The Morgan fingerprint density at radius 2 is 2.14 bits per heavy atom. The Balaban J connectivity index is 1.77. The molecule has 0 bridgehead atoms. The summed E-state index contributed by atoms with van der Waals surface area (Å²) < 4.78 is 7.39. The van der Waals surface area contributed by atoms with Crippen LogP contribution in [-0.2, 0) is 6.54 Å². The number of nitrogen functional groups attached to an aromatic ring is 1. The van der Waals surface area contributed by atoms with Crippen molar-refractivity contribution in [2.45, 2.75) is 38.3 Å². The van der Waals surface area contributed by atoms with Crippen LogP contribution in [0.4, 0.5) is 5.95 Å². The average molecular weight is 288 g/mol. The molecule has 114 valence electrons. The van der Waals surface area contributed by atoms with E-state index in [-0.39, 0.29) is 0 Å². The molecule has 5 nitrogen and oxygen atoms in total. The van der Waals surface area contributed by atoms with Crippen LogP contribution in [0.15, 0.2) is 18.2 Å². The van der Waals surface area contributed by atoms with Crippen molar-refractivity contribution in [3.63, 3.8) is 0 Å².